The van der Waals surface area contributed by atoms with Crippen LogP contribution in [0.4, 0.5) is 15.9 Å². The first-order valence-electron chi connectivity index (χ1n) is 11.4. The van der Waals surface area contributed by atoms with Gasteiger partial charge in [-0.05, 0) is 30.7 Å². The Morgan fingerprint density at radius 3 is 2.83 bits per heavy atom. The standard InChI is InChI=1S/C24H25ClFN7O2/c1-3-22-30-31-23-12-32(14-33(22)23)7-4-8-35-21-10-16-19(11-20(21)34-2)27-13-28-24(16)29-15-5-6-18(26)17(25)9-15/h5-6,9-11,13H,3-4,7-8,12,14H2,1-2H3,(H,27,28,29). The van der Waals surface area contributed by atoms with Crippen molar-refractivity contribution >= 4 is 34.0 Å². The van der Waals surface area contributed by atoms with Crippen LogP contribution in [0.3, 0.4) is 0 Å². The second kappa shape index (κ2) is 10.0. The van der Waals surface area contributed by atoms with E-state index in [2.05, 4.69) is 41.9 Å². The van der Waals surface area contributed by atoms with E-state index in [4.69, 9.17) is 21.1 Å². The summed E-state index contributed by atoms with van der Waals surface area (Å²) >= 11 is 5.92. The Morgan fingerprint density at radius 1 is 1.14 bits per heavy atom. The number of aryl methyl sites for hydroxylation is 1. The summed E-state index contributed by atoms with van der Waals surface area (Å²) in [6.07, 6.45) is 3.17. The van der Waals surface area contributed by atoms with Gasteiger partial charge in [-0.15, -0.1) is 10.2 Å². The molecule has 2 aromatic carbocycles. The Hall–Kier alpha value is -3.50. The summed E-state index contributed by atoms with van der Waals surface area (Å²) in [6, 6.07) is 8.08. The second-order valence-corrected chi connectivity index (χ2v) is 8.61. The summed E-state index contributed by atoms with van der Waals surface area (Å²) in [6.45, 7) is 5.09. The van der Waals surface area contributed by atoms with Crippen LogP contribution in [-0.4, -0.2) is 49.9 Å². The van der Waals surface area contributed by atoms with Gasteiger partial charge in [0.05, 0.1) is 37.5 Å². The predicted octanol–water partition coefficient (Wildman–Crippen LogP) is 4.57. The first-order chi connectivity index (χ1) is 17.1. The zero-order valence-electron chi connectivity index (χ0n) is 19.5. The van der Waals surface area contributed by atoms with Crippen molar-refractivity contribution in [3.05, 3.63) is 59.1 Å². The Balaban J connectivity index is 1.27. The van der Waals surface area contributed by atoms with E-state index in [0.29, 0.717) is 35.1 Å². The zero-order valence-corrected chi connectivity index (χ0v) is 20.2. The maximum atomic E-state index is 13.5. The molecule has 0 aliphatic carbocycles. The van der Waals surface area contributed by atoms with Gasteiger partial charge in [-0.25, -0.2) is 14.4 Å². The first-order valence-corrected chi connectivity index (χ1v) is 11.7. The third kappa shape index (κ3) is 4.85. The number of rotatable bonds is 9. The van der Waals surface area contributed by atoms with Crippen LogP contribution in [0.25, 0.3) is 10.9 Å². The lowest BCUT2D eigenvalue weighted by Crippen LogP contribution is -2.22. The van der Waals surface area contributed by atoms with Gasteiger partial charge in [0, 0.05) is 30.1 Å². The summed E-state index contributed by atoms with van der Waals surface area (Å²) in [5.41, 5.74) is 1.30. The Bertz CT molecular complexity index is 1360. The van der Waals surface area contributed by atoms with Crippen molar-refractivity contribution < 1.29 is 13.9 Å². The fraction of sp³-hybridized carbons (Fsp3) is 0.333. The van der Waals surface area contributed by atoms with Gasteiger partial charge >= 0.3 is 0 Å². The Labute approximate surface area is 206 Å². The van der Waals surface area contributed by atoms with E-state index in [9.17, 15) is 4.39 Å². The molecule has 1 aliphatic heterocycles. The fourth-order valence-corrected chi connectivity index (χ4v) is 4.31. The van der Waals surface area contributed by atoms with Crippen molar-refractivity contribution in [2.45, 2.75) is 33.0 Å². The lowest BCUT2D eigenvalue weighted by molar-refractivity contribution is 0.216. The number of hydrogen-bond acceptors (Lipinski definition) is 8. The molecule has 0 amide bonds. The van der Waals surface area contributed by atoms with E-state index in [1.807, 2.05) is 12.1 Å². The summed E-state index contributed by atoms with van der Waals surface area (Å²) in [5, 5.41) is 12.4. The molecule has 1 aliphatic rings. The molecule has 9 nitrogen and oxygen atoms in total. The van der Waals surface area contributed by atoms with E-state index in [1.165, 1.54) is 18.5 Å². The highest BCUT2D eigenvalue weighted by Gasteiger charge is 2.22. The Kier molecular flexibility index (Phi) is 6.65. The molecule has 1 N–H and O–H groups in total. The third-order valence-electron chi connectivity index (χ3n) is 5.91. The van der Waals surface area contributed by atoms with Crippen molar-refractivity contribution in [3.63, 3.8) is 0 Å². The van der Waals surface area contributed by atoms with E-state index < -0.39 is 5.82 Å². The van der Waals surface area contributed by atoms with Crippen molar-refractivity contribution in [2.24, 2.45) is 0 Å². The molecule has 0 saturated carbocycles. The highest BCUT2D eigenvalue weighted by atomic mass is 35.5. The van der Waals surface area contributed by atoms with E-state index in [-0.39, 0.29) is 5.02 Å². The molecular formula is C24H25ClFN7O2. The normalized spacial score (nSPS) is 13.3. The average Bonchev–Trinajstić information content (AvgIpc) is 3.44. The number of nitrogens with one attached hydrogen (secondary N) is 1. The van der Waals surface area contributed by atoms with E-state index >= 15 is 0 Å². The predicted molar refractivity (Wildman–Crippen MR) is 131 cm³/mol. The molecule has 3 heterocycles. The SMILES string of the molecule is CCc1nnc2n1CN(CCCOc1cc3c(Nc4ccc(F)c(Cl)c4)ncnc3cc1OC)C2. The molecule has 4 aromatic rings. The van der Waals surface area contributed by atoms with E-state index in [0.717, 1.165) is 49.6 Å². The lowest BCUT2D eigenvalue weighted by atomic mass is 10.2. The minimum absolute atomic E-state index is 0.0303. The van der Waals surface area contributed by atoms with E-state index in [1.54, 1.807) is 13.2 Å². The van der Waals surface area contributed by atoms with Crippen LogP contribution in [0.1, 0.15) is 25.0 Å². The molecule has 0 radical (unpaired) electrons. The third-order valence-corrected chi connectivity index (χ3v) is 6.20. The number of methoxy groups -OCH3 is 1. The van der Waals surface area contributed by atoms with Gasteiger partial charge in [0.25, 0.3) is 0 Å². The van der Waals surface area contributed by atoms with Gasteiger partial charge in [0.1, 0.15) is 29.6 Å². The largest absolute Gasteiger partial charge is 0.493 e. The maximum Gasteiger partial charge on any atom is 0.162 e. The summed E-state index contributed by atoms with van der Waals surface area (Å²) in [5.74, 6) is 3.30. The van der Waals surface area contributed by atoms with Crippen LogP contribution in [0.15, 0.2) is 36.7 Å². The highest BCUT2D eigenvalue weighted by molar-refractivity contribution is 6.31. The monoisotopic (exact) mass is 497 g/mol. The molecular weight excluding hydrogens is 473 g/mol. The number of hydrogen-bond donors (Lipinski definition) is 1. The topological polar surface area (TPSA) is 90.2 Å². The van der Waals surface area contributed by atoms with Gasteiger partial charge in [-0.3, -0.25) is 4.90 Å². The molecule has 5 rings (SSSR count). The van der Waals surface area contributed by atoms with Crippen LogP contribution in [0.5, 0.6) is 11.5 Å². The number of aromatic nitrogens is 5. The zero-order chi connectivity index (χ0) is 24.4. The van der Waals surface area contributed by atoms with Crippen LogP contribution < -0.4 is 14.8 Å². The first kappa shape index (κ1) is 23.3. The van der Waals surface area contributed by atoms with Crippen LogP contribution in [-0.2, 0) is 19.6 Å². The molecule has 0 spiro atoms. The fourth-order valence-electron chi connectivity index (χ4n) is 4.13. The molecule has 35 heavy (non-hydrogen) atoms. The number of benzene rings is 2. The summed E-state index contributed by atoms with van der Waals surface area (Å²) < 4.78 is 27.3. The maximum absolute atomic E-state index is 13.5. The molecule has 0 atom stereocenters. The number of halogens is 2. The van der Waals surface area contributed by atoms with Crippen LogP contribution in [0, 0.1) is 5.82 Å². The van der Waals surface area contributed by atoms with Crippen molar-refractivity contribution in [1.29, 1.82) is 0 Å². The summed E-state index contributed by atoms with van der Waals surface area (Å²) in [4.78, 5) is 11.0. The molecule has 0 fully saturated rings. The van der Waals surface area contributed by atoms with Crippen molar-refractivity contribution in [1.82, 2.24) is 29.6 Å². The quantitative estimate of drug-likeness (QED) is 0.336. The number of nitrogens with zero attached hydrogens (tertiary/aromatic N) is 6. The molecule has 0 unspecified atom stereocenters. The average molecular weight is 498 g/mol. The highest BCUT2D eigenvalue weighted by Crippen LogP contribution is 2.35. The lowest BCUT2D eigenvalue weighted by Gasteiger charge is -2.16. The summed E-state index contributed by atoms with van der Waals surface area (Å²) in [7, 11) is 1.60. The van der Waals surface area contributed by atoms with Crippen LogP contribution in [0.2, 0.25) is 5.02 Å². The molecule has 0 bridgehead atoms. The van der Waals surface area contributed by atoms with Gasteiger partial charge in [0.15, 0.2) is 11.5 Å². The van der Waals surface area contributed by atoms with Gasteiger partial charge < -0.3 is 19.4 Å². The van der Waals surface area contributed by atoms with Gasteiger partial charge in [-0.2, -0.15) is 0 Å². The number of ether oxygens (including phenoxy) is 2. The Morgan fingerprint density at radius 2 is 2.03 bits per heavy atom. The molecule has 182 valence electrons. The smallest absolute Gasteiger partial charge is 0.162 e. The minimum atomic E-state index is -0.480. The minimum Gasteiger partial charge on any atom is -0.493 e. The molecule has 2 aromatic heterocycles. The van der Waals surface area contributed by atoms with Gasteiger partial charge in [-0.1, -0.05) is 18.5 Å². The van der Waals surface area contributed by atoms with Gasteiger partial charge in [0.2, 0.25) is 0 Å². The second-order valence-electron chi connectivity index (χ2n) is 8.21. The molecule has 11 heteroatoms. The van der Waals surface area contributed by atoms with Crippen molar-refractivity contribution in [2.75, 3.05) is 25.6 Å². The van der Waals surface area contributed by atoms with Crippen LogP contribution >= 0.6 is 11.6 Å². The van der Waals surface area contributed by atoms with Crippen molar-refractivity contribution in [3.8, 4) is 11.5 Å². The number of anilines is 2. The molecule has 0 saturated heterocycles. The number of fused-ring (bicyclic) bond motifs is 2.